The van der Waals surface area contributed by atoms with Crippen LogP contribution in [0.5, 0.6) is 0 Å². The van der Waals surface area contributed by atoms with Crippen LogP contribution in [0.15, 0.2) is 60.0 Å². The van der Waals surface area contributed by atoms with Crippen molar-refractivity contribution in [2.24, 2.45) is 0 Å². The highest BCUT2D eigenvalue weighted by atomic mass is 32.2. The van der Waals surface area contributed by atoms with Crippen LogP contribution in [0.3, 0.4) is 0 Å². The molecule has 0 atom stereocenters. The number of nitrogens with zero attached hydrogens (tertiary/aromatic N) is 4. The SMILES string of the molecule is Cc1ccccc1CN1CCN(C(=O)c2ccc(CSc3ncn[nH]3)cc2)CC1. The van der Waals surface area contributed by atoms with Gasteiger partial charge in [0.25, 0.3) is 5.91 Å². The Morgan fingerprint density at radius 1 is 1.07 bits per heavy atom. The lowest BCUT2D eigenvalue weighted by Gasteiger charge is -2.35. The smallest absolute Gasteiger partial charge is 0.253 e. The standard InChI is InChI=1S/C22H25N5OS/c1-17-4-2-3-5-20(17)14-26-10-12-27(13-11-26)21(28)19-8-6-18(7-9-19)15-29-22-23-16-24-25-22/h2-9,16H,10-15H2,1H3,(H,23,24,25). The molecule has 0 radical (unpaired) electrons. The molecule has 1 aliphatic heterocycles. The van der Waals surface area contributed by atoms with E-state index in [9.17, 15) is 4.79 Å². The molecule has 150 valence electrons. The maximum Gasteiger partial charge on any atom is 0.253 e. The first-order valence-corrected chi connectivity index (χ1v) is 10.8. The highest BCUT2D eigenvalue weighted by Crippen LogP contribution is 2.19. The number of aromatic amines is 1. The van der Waals surface area contributed by atoms with Crippen molar-refractivity contribution in [1.29, 1.82) is 0 Å². The number of rotatable bonds is 6. The van der Waals surface area contributed by atoms with E-state index in [1.165, 1.54) is 17.5 Å². The van der Waals surface area contributed by atoms with Crippen molar-refractivity contribution in [3.8, 4) is 0 Å². The highest BCUT2D eigenvalue weighted by Gasteiger charge is 2.22. The Hall–Kier alpha value is -2.64. The van der Waals surface area contributed by atoms with E-state index >= 15 is 0 Å². The van der Waals surface area contributed by atoms with Crippen LogP contribution in [0.4, 0.5) is 0 Å². The lowest BCUT2D eigenvalue weighted by Crippen LogP contribution is -2.48. The minimum Gasteiger partial charge on any atom is -0.336 e. The third-order valence-corrected chi connectivity index (χ3v) is 6.23. The van der Waals surface area contributed by atoms with E-state index in [1.54, 1.807) is 11.8 Å². The monoisotopic (exact) mass is 407 g/mol. The van der Waals surface area contributed by atoms with Gasteiger partial charge in [-0.2, -0.15) is 5.10 Å². The Morgan fingerprint density at radius 3 is 2.52 bits per heavy atom. The zero-order chi connectivity index (χ0) is 20.1. The first-order chi connectivity index (χ1) is 14.2. The summed E-state index contributed by atoms with van der Waals surface area (Å²) in [5, 5.41) is 7.48. The zero-order valence-corrected chi connectivity index (χ0v) is 17.4. The van der Waals surface area contributed by atoms with E-state index in [-0.39, 0.29) is 5.91 Å². The van der Waals surface area contributed by atoms with Crippen molar-refractivity contribution in [3.05, 3.63) is 77.1 Å². The Balaban J connectivity index is 1.28. The van der Waals surface area contributed by atoms with Gasteiger partial charge in [0.05, 0.1) is 0 Å². The van der Waals surface area contributed by atoms with Gasteiger partial charge in [-0.05, 0) is 35.7 Å². The molecule has 1 aromatic heterocycles. The molecule has 1 aliphatic rings. The van der Waals surface area contributed by atoms with E-state index in [2.05, 4.69) is 51.3 Å². The van der Waals surface area contributed by atoms with E-state index in [0.29, 0.717) is 0 Å². The molecule has 6 nitrogen and oxygen atoms in total. The number of H-pyrrole nitrogens is 1. The molecule has 0 bridgehead atoms. The van der Waals surface area contributed by atoms with Crippen LogP contribution in [-0.2, 0) is 12.3 Å². The van der Waals surface area contributed by atoms with Crippen LogP contribution in [0.25, 0.3) is 0 Å². The number of aryl methyl sites for hydroxylation is 1. The number of hydrogen-bond acceptors (Lipinski definition) is 5. The summed E-state index contributed by atoms with van der Waals surface area (Å²) in [5.41, 5.74) is 4.61. The fourth-order valence-electron chi connectivity index (χ4n) is 3.48. The number of carbonyl (C=O) groups is 1. The van der Waals surface area contributed by atoms with Gasteiger partial charge in [0.2, 0.25) is 0 Å². The number of thioether (sulfide) groups is 1. The van der Waals surface area contributed by atoms with Crippen molar-refractivity contribution in [1.82, 2.24) is 25.0 Å². The molecule has 3 aromatic rings. The number of aromatic nitrogens is 3. The molecule has 1 fully saturated rings. The molecule has 4 rings (SSSR count). The summed E-state index contributed by atoms with van der Waals surface area (Å²) in [6, 6.07) is 16.4. The molecule has 7 heteroatoms. The number of amides is 1. The average molecular weight is 408 g/mol. The molecule has 0 spiro atoms. The van der Waals surface area contributed by atoms with Gasteiger partial charge in [0.1, 0.15) is 6.33 Å². The largest absolute Gasteiger partial charge is 0.336 e. The Kier molecular flexibility index (Phi) is 6.27. The van der Waals surface area contributed by atoms with Crippen LogP contribution in [0.1, 0.15) is 27.0 Å². The summed E-state index contributed by atoms with van der Waals surface area (Å²) >= 11 is 1.59. The van der Waals surface area contributed by atoms with Gasteiger partial charge in [-0.1, -0.05) is 48.2 Å². The second-order valence-corrected chi connectivity index (χ2v) is 8.24. The molecule has 1 amide bonds. The van der Waals surface area contributed by atoms with Crippen molar-refractivity contribution >= 4 is 17.7 Å². The average Bonchev–Trinajstić information content (AvgIpc) is 3.28. The lowest BCUT2D eigenvalue weighted by atomic mass is 10.1. The Morgan fingerprint density at radius 2 is 1.83 bits per heavy atom. The highest BCUT2D eigenvalue weighted by molar-refractivity contribution is 7.98. The molecular weight excluding hydrogens is 382 g/mol. The summed E-state index contributed by atoms with van der Waals surface area (Å²) < 4.78 is 0. The molecule has 2 aromatic carbocycles. The molecule has 0 saturated carbocycles. The van der Waals surface area contributed by atoms with Crippen LogP contribution in [-0.4, -0.2) is 57.1 Å². The first kappa shape index (κ1) is 19.7. The quantitative estimate of drug-likeness (QED) is 0.635. The van der Waals surface area contributed by atoms with Gasteiger partial charge in [-0.3, -0.25) is 14.8 Å². The summed E-state index contributed by atoms with van der Waals surface area (Å²) in [5.74, 6) is 0.913. The van der Waals surface area contributed by atoms with Crippen LogP contribution >= 0.6 is 11.8 Å². The molecule has 2 heterocycles. The topological polar surface area (TPSA) is 65.1 Å². The number of nitrogens with one attached hydrogen (secondary N) is 1. The normalized spacial score (nSPS) is 14.9. The number of benzene rings is 2. The van der Waals surface area contributed by atoms with Gasteiger partial charge in [-0.15, -0.1) is 0 Å². The summed E-state index contributed by atoms with van der Waals surface area (Å²) in [4.78, 5) is 21.4. The van der Waals surface area contributed by atoms with Crippen molar-refractivity contribution in [2.45, 2.75) is 24.4 Å². The van der Waals surface area contributed by atoms with E-state index in [4.69, 9.17) is 0 Å². The molecule has 1 N–H and O–H groups in total. The van der Waals surface area contributed by atoms with Crippen molar-refractivity contribution in [3.63, 3.8) is 0 Å². The number of hydrogen-bond donors (Lipinski definition) is 1. The van der Waals surface area contributed by atoms with Crippen LogP contribution < -0.4 is 0 Å². The fraction of sp³-hybridized carbons (Fsp3) is 0.318. The van der Waals surface area contributed by atoms with E-state index in [0.717, 1.165) is 54.8 Å². The Bertz CT molecular complexity index is 934. The number of piperazine rings is 1. The van der Waals surface area contributed by atoms with E-state index < -0.39 is 0 Å². The minimum absolute atomic E-state index is 0.120. The lowest BCUT2D eigenvalue weighted by molar-refractivity contribution is 0.0628. The zero-order valence-electron chi connectivity index (χ0n) is 16.5. The summed E-state index contributed by atoms with van der Waals surface area (Å²) in [6.07, 6.45) is 1.50. The summed E-state index contributed by atoms with van der Waals surface area (Å²) in [7, 11) is 0. The van der Waals surface area contributed by atoms with Gasteiger partial charge in [0, 0.05) is 44.0 Å². The third-order valence-electron chi connectivity index (χ3n) is 5.28. The molecule has 29 heavy (non-hydrogen) atoms. The fourth-order valence-corrected chi connectivity index (χ4v) is 4.21. The van der Waals surface area contributed by atoms with Crippen molar-refractivity contribution < 1.29 is 4.79 Å². The second kappa shape index (κ2) is 9.24. The number of carbonyl (C=O) groups excluding carboxylic acids is 1. The van der Waals surface area contributed by atoms with Gasteiger partial charge in [0.15, 0.2) is 5.16 Å². The van der Waals surface area contributed by atoms with Gasteiger partial charge < -0.3 is 4.90 Å². The van der Waals surface area contributed by atoms with Crippen LogP contribution in [0.2, 0.25) is 0 Å². The predicted octanol–water partition coefficient (Wildman–Crippen LogP) is 3.36. The third kappa shape index (κ3) is 5.05. The minimum atomic E-state index is 0.120. The molecule has 0 unspecified atom stereocenters. The van der Waals surface area contributed by atoms with E-state index in [1.807, 2.05) is 29.2 Å². The predicted molar refractivity (Wildman–Crippen MR) is 115 cm³/mol. The maximum absolute atomic E-state index is 12.9. The van der Waals surface area contributed by atoms with Crippen LogP contribution in [0, 0.1) is 6.92 Å². The Labute approximate surface area is 175 Å². The second-order valence-electron chi connectivity index (χ2n) is 7.27. The first-order valence-electron chi connectivity index (χ1n) is 9.82. The van der Waals surface area contributed by atoms with Gasteiger partial charge >= 0.3 is 0 Å². The van der Waals surface area contributed by atoms with Gasteiger partial charge in [-0.25, -0.2) is 4.98 Å². The molecule has 1 saturated heterocycles. The molecule has 0 aliphatic carbocycles. The maximum atomic E-state index is 12.9. The van der Waals surface area contributed by atoms with Crippen molar-refractivity contribution in [2.75, 3.05) is 26.2 Å². The molecular formula is C22H25N5OS. The summed E-state index contributed by atoms with van der Waals surface area (Å²) in [6.45, 7) is 6.47.